The highest BCUT2D eigenvalue weighted by atomic mass is 16.6. The molecule has 4 heteroatoms. The molecule has 0 unspecified atom stereocenters. The first kappa shape index (κ1) is 11.7. The second-order valence-corrected chi connectivity index (χ2v) is 5.86. The van der Waals surface area contributed by atoms with E-state index in [4.69, 9.17) is 4.74 Å². The number of hydrogen-bond acceptors (Lipinski definition) is 3. The lowest BCUT2D eigenvalue weighted by atomic mass is 10.0. The standard InChI is InChI=1S/C12H22N2O2/c1-12(2,3)16-11(15)14-9-5-4-8-6-7-13-10(8)9/h8-10,13H,4-7H2,1-3H3,(H,14,15)/t8-,9+,10+/m0/s1. The molecule has 0 aromatic carbocycles. The van der Waals surface area contributed by atoms with Gasteiger partial charge in [0, 0.05) is 12.1 Å². The summed E-state index contributed by atoms with van der Waals surface area (Å²) in [5, 5.41) is 6.45. The van der Waals surface area contributed by atoms with Crippen molar-refractivity contribution in [2.75, 3.05) is 6.54 Å². The smallest absolute Gasteiger partial charge is 0.407 e. The molecule has 1 aliphatic carbocycles. The van der Waals surface area contributed by atoms with Crippen LogP contribution in [-0.2, 0) is 4.74 Å². The number of carbonyl (C=O) groups excluding carboxylic acids is 1. The predicted molar refractivity (Wildman–Crippen MR) is 62.3 cm³/mol. The van der Waals surface area contributed by atoms with Crippen molar-refractivity contribution >= 4 is 6.09 Å². The molecule has 3 atom stereocenters. The summed E-state index contributed by atoms with van der Waals surface area (Å²) in [5.41, 5.74) is -0.412. The van der Waals surface area contributed by atoms with Crippen LogP contribution in [0.25, 0.3) is 0 Å². The van der Waals surface area contributed by atoms with Crippen molar-refractivity contribution in [3.63, 3.8) is 0 Å². The fourth-order valence-corrected chi connectivity index (χ4v) is 2.77. The Balaban J connectivity index is 1.83. The Morgan fingerprint density at radius 1 is 1.31 bits per heavy atom. The summed E-state index contributed by atoms with van der Waals surface area (Å²) < 4.78 is 5.27. The first-order chi connectivity index (χ1) is 7.46. The van der Waals surface area contributed by atoms with Crippen LogP contribution in [0.2, 0.25) is 0 Å². The molecule has 1 saturated heterocycles. The molecule has 0 radical (unpaired) electrons. The Kier molecular flexibility index (Phi) is 3.10. The Bertz CT molecular complexity index is 273. The summed E-state index contributed by atoms with van der Waals surface area (Å²) in [5.74, 6) is 0.750. The van der Waals surface area contributed by atoms with E-state index >= 15 is 0 Å². The van der Waals surface area contributed by atoms with E-state index in [9.17, 15) is 4.79 Å². The van der Waals surface area contributed by atoms with Gasteiger partial charge >= 0.3 is 6.09 Å². The monoisotopic (exact) mass is 226 g/mol. The molecule has 4 nitrogen and oxygen atoms in total. The number of ether oxygens (including phenoxy) is 1. The molecular formula is C12H22N2O2. The van der Waals surface area contributed by atoms with Crippen molar-refractivity contribution in [3.05, 3.63) is 0 Å². The Hall–Kier alpha value is -0.770. The Labute approximate surface area is 97.1 Å². The molecule has 1 amide bonds. The lowest BCUT2D eigenvalue weighted by Crippen LogP contribution is -2.47. The number of fused-ring (bicyclic) bond motifs is 1. The van der Waals surface area contributed by atoms with Crippen molar-refractivity contribution in [2.45, 2.75) is 57.7 Å². The van der Waals surface area contributed by atoms with Crippen molar-refractivity contribution in [2.24, 2.45) is 5.92 Å². The highest BCUT2D eigenvalue weighted by Gasteiger charge is 2.40. The molecule has 2 N–H and O–H groups in total. The van der Waals surface area contributed by atoms with E-state index in [1.54, 1.807) is 0 Å². The van der Waals surface area contributed by atoms with Gasteiger partial charge in [0.05, 0.1) is 0 Å². The zero-order valence-corrected chi connectivity index (χ0v) is 10.4. The maximum absolute atomic E-state index is 11.6. The maximum atomic E-state index is 11.6. The minimum atomic E-state index is -0.412. The zero-order chi connectivity index (χ0) is 11.8. The van der Waals surface area contributed by atoms with Gasteiger partial charge in [-0.2, -0.15) is 0 Å². The number of alkyl carbamates (subject to hydrolysis) is 1. The largest absolute Gasteiger partial charge is 0.444 e. The second kappa shape index (κ2) is 4.24. The highest BCUT2D eigenvalue weighted by molar-refractivity contribution is 5.68. The van der Waals surface area contributed by atoms with Gasteiger partial charge in [-0.15, -0.1) is 0 Å². The van der Waals surface area contributed by atoms with E-state index in [2.05, 4.69) is 10.6 Å². The number of carbonyl (C=O) groups is 1. The van der Waals surface area contributed by atoms with Crippen LogP contribution >= 0.6 is 0 Å². The Morgan fingerprint density at radius 2 is 2.06 bits per heavy atom. The summed E-state index contributed by atoms with van der Waals surface area (Å²) in [6.07, 6.45) is 3.25. The van der Waals surface area contributed by atoms with Gasteiger partial charge < -0.3 is 15.4 Å². The minimum absolute atomic E-state index is 0.252. The fraction of sp³-hybridized carbons (Fsp3) is 0.917. The van der Waals surface area contributed by atoms with Crippen LogP contribution in [0.1, 0.15) is 40.0 Å². The molecule has 0 aromatic rings. The van der Waals surface area contributed by atoms with Crippen LogP contribution < -0.4 is 10.6 Å². The molecule has 0 bridgehead atoms. The molecule has 1 heterocycles. The molecule has 2 rings (SSSR count). The first-order valence-electron chi connectivity index (χ1n) is 6.18. The van der Waals surface area contributed by atoms with Crippen LogP contribution in [-0.4, -0.2) is 30.3 Å². The SMILES string of the molecule is CC(C)(C)OC(=O)N[C@@H]1CC[C@H]2CCN[C@H]21. The number of hydrogen-bond donors (Lipinski definition) is 2. The molecule has 0 spiro atoms. The normalized spacial score (nSPS) is 33.6. The highest BCUT2D eigenvalue weighted by Crippen LogP contribution is 2.32. The van der Waals surface area contributed by atoms with E-state index < -0.39 is 5.60 Å². The summed E-state index contributed by atoms with van der Waals surface area (Å²) in [6, 6.07) is 0.717. The molecule has 16 heavy (non-hydrogen) atoms. The summed E-state index contributed by atoms with van der Waals surface area (Å²) in [4.78, 5) is 11.6. The van der Waals surface area contributed by atoms with Gasteiger partial charge in [-0.05, 0) is 52.5 Å². The van der Waals surface area contributed by atoms with Crippen molar-refractivity contribution in [3.8, 4) is 0 Å². The van der Waals surface area contributed by atoms with Crippen LogP contribution in [0.15, 0.2) is 0 Å². The lowest BCUT2D eigenvalue weighted by Gasteiger charge is -2.24. The van der Waals surface area contributed by atoms with Crippen molar-refractivity contribution < 1.29 is 9.53 Å². The van der Waals surface area contributed by atoms with Gasteiger partial charge in [0.2, 0.25) is 0 Å². The van der Waals surface area contributed by atoms with Gasteiger partial charge in [0.25, 0.3) is 0 Å². The van der Waals surface area contributed by atoms with Crippen LogP contribution in [0.5, 0.6) is 0 Å². The average Bonchev–Trinajstić information content (AvgIpc) is 2.66. The summed E-state index contributed by atoms with van der Waals surface area (Å²) in [6.45, 7) is 6.75. The summed E-state index contributed by atoms with van der Waals surface area (Å²) in [7, 11) is 0. The third kappa shape index (κ3) is 2.67. The second-order valence-electron chi connectivity index (χ2n) is 5.86. The van der Waals surface area contributed by atoms with Crippen LogP contribution in [0.4, 0.5) is 4.79 Å². The number of rotatable bonds is 1. The van der Waals surface area contributed by atoms with Gasteiger partial charge in [0.1, 0.15) is 5.60 Å². The molecule has 92 valence electrons. The van der Waals surface area contributed by atoms with Gasteiger partial charge in [-0.1, -0.05) is 0 Å². The number of nitrogens with one attached hydrogen (secondary N) is 2. The molecule has 0 aromatic heterocycles. The van der Waals surface area contributed by atoms with Crippen LogP contribution in [0.3, 0.4) is 0 Å². The van der Waals surface area contributed by atoms with Crippen molar-refractivity contribution in [1.82, 2.24) is 10.6 Å². The van der Waals surface area contributed by atoms with Gasteiger partial charge in [-0.3, -0.25) is 0 Å². The molecular weight excluding hydrogens is 204 g/mol. The third-order valence-corrected chi connectivity index (χ3v) is 3.39. The molecule has 1 saturated carbocycles. The minimum Gasteiger partial charge on any atom is -0.444 e. The van der Waals surface area contributed by atoms with Crippen LogP contribution in [0, 0.1) is 5.92 Å². The van der Waals surface area contributed by atoms with Gasteiger partial charge in [0.15, 0.2) is 0 Å². The van der Waals surface area contributed by atoms with Gasteiger partial charge in [-0.25, -0.2) is 4.79 Å². The summed E-state index contributed by atoms with van der Waals surface area (Å²) >= 11 is 0. The maximum Gasteiger partial charge on any atom is 0.407 e. The van der Waals surface area contributed by atoms with E-state index in [0.29, 0.717) is 6.04 Å². The zero-order valence-electron chi connectivity index (χ0n) is 10.4. The molecule has 2 aliphatic rings. The van der Waals surface area contributed by atoms with E-state index in [1.165, 1.54) is 12.8 Å². The molecule has 1 aliphatic heterocycles. The van der Waals surface area contributed by atoms with E-state index in [-0.39, 0.29) is 12.1 Å². The third-order valence-electron chi connectivity index (χ3n) is 3.39. The Morgan fingerprint density at radius 3 is 2.75 bits per heavy atom. The van der Waals surface area contributed by atoms with E-state index in [0.717, 1.165) is 18.9 Å². The van der Waals surface area contributed by atoms with Crippen molar-refractivity contribution in [1.29, 1.82) is 0 Å². The number of amides is 1. The average molecular weight is 226 g/mol. The lowest BCUT2D eigenvalue weighted by molar-refractivity contribution is 0.0498. The fourth-order valence-electron chi connectivity index (χ4n) is 2.77. The van der Waals surface area contributed by atoms with E-state index in [1.807, 2.05) is 20.8 Å². The first-order valence-corrected chi connectivity index (χ1v) is 6.18. The topological polar surface area (TPSA) is 50.4 Å². The predicted octanol–water partition coefficient (Wildman–Crippen LogP) is 1.65. The quantitative estimate of drug-likeness (QED) is 0.715. The molecule has 2 fully saturated rings.